The molecule has 0 saturated heterocycles. The summed E-state index contributed by atoms with van der Waals surface area (Å²) >= 11 is 0. The summed E-state index contributed by atoms with van der Waals surface area (Å²) in [6, 6.07) is 17.8. The van der Waals surface area contributed by atoms with Crippen LogP contribution >= 0.6 is 0 Å². The van der Waals surface area contributed by atoms with Gasteiger partial charge in [0.1, 0.15) is 5.75 Å². The highest BCUT2D eigenvalue weighted by molar-refractivity contribution is 5.64. The van der Waals surface area contributed by atoms with Gasteiger partial charge in [0.25, 0.3) is 0 Å². The lowest BCUT2D eigenvalue weighted by Gasteiger charge is -2.23. The van der Waals surface area contributed by atoms with E-state index in [1.165, 1.54) is 87.3 Å². The first-order valence-electron chi connectivity index (χ1n) is 13.6. The minimum Gasteiger partial charge on any atom is -0.493 e. The molecule has 2 unspecified atom stereocenters. The quantitative estimate of drug-likeness (QED) is 0.207. The third-order valence-electron chi connectivity index (χ3n) is 7.09. The Morgan fingerprint density at radius 2 is 1.39 bits per heavy atom. The second-order valence-corrected chi connectivity index (χ2v) is 10.5. The summed E-state index contributed by atoms with van der Waals surface area (Å²) in [5.41, 5.74) is 4.01. The maximum atomic E-state index is 6.12. The normalized spacial score (nSPS) is 18.1. The number of hydrogen-bond acceptors (Lipinski definition) is 1. The fraction of sp³-hybridized carbons (Fsp3) is 0.562. The third kappa shape index (κ3) is 9.40. The van der Waals surface area contributed by atoms with Gasteiger partial charge in [-0.1, -0.05) is 108 Å². The van der Waals surface area contributed by atoms with Gasteiger partial charge in [-0.2, -0.15) is 0 Å². The summed E-state index contributed by atoms with van der Waals surface area (Å²) in [5, 5.41) is 0. The van der Waals surface area contributed by atoms with Gasteiger partial charge in [-0.05, 0) is 72.8 Å². The summed E-state index contributed by atoms with van der Waals surface area (Å²) in [6.07, 6.45) is 19.4. The van der Waals surface area contributed by atoms with Crippen molar-refractivity contribution in [2.45, 2.75) is 91.4 Å². The van der Waals surface area contributed by atoms with Gasteiger partial charge >= 0.3 is 0 Å². The summed E-state index contributed by atoms with van der Waals surface area (Å²) in [5.74, 6) is 3.15. The van der Waals surface area contributed by atoms with Gasteiger partial charge in [0.15, 0.2) is 0 Å². The molecule has 0 bridgehead atoms. The zero-order valence-electron chi connectivity index (χ0n) is 21.4. The molecule has 0 N–H and O–H groups in total. The second kappa shape index (κ2) is 14.3. The molecule has 0 amide bonds. The molecule has 0 saturated carbocycles. The lowest BCUT2D eigenvalue weighted by atomic mass is 9.85. The summed E-state index contributed by atoms with van der Waals surface area (Å²) in [4.78, 5) is 0. The molecule has 33 heavy (non-hydrogen) atoms. The van der Waals surface area contributed by atoms with E-state index in [9.17, 15) is 0 Å². The van der Waals surface area contributed by atoms with Crippen molar-refractivity contribution >= 4 is 0 Å². The molecule has 0 radical (unpaired) electrons. The summed E-state index contributed by atoms with van der Waals surface area (Å²) in [6.45, 7) is 7.71. The molecule has 2 aromatic carbocycles. The number of aryl methyl sites for hydroxylation is 1. The van der Waals surface area contributed by atoms with E-state index in [1.807, 2.05) is 0 Å². The Morgan fingerprint density at radius 3 is 2.03 bits per heavy atom. The molecule has 0 heterocycles. The van der Waals surface area contributed by atoms with Crippen molar-refractivity contribution in [3.63, 3.8) is 0 Å². The topological polar surface area (TPSA) is 9.23 Å². The Labute approximate surface area is 203 Å². The van der Waals surface area contributed by atoms with Crippen molar-refractivity contribution in [3.8, 4) is 16.9 Å². The number of unbranched alkanes of at least 4 members (excludes halogenated alkanes) is 4. The van der Waals surface area contributed by atoms with Crippen LogP contribution in [0.3, 0.4) is 0 Å². The molecule has 3 rings (SSSR count). The van der Waals surface area contributed by atoms with E-state index in [0.717, 1.165) is 24.2 Å². The number of ether oxygens (including phenoxy) is 1. The maximum absolute atomic E-state index is 6.12. The molecule has 0 spiro atoms. The van der Waals surface area contributed by atoms with Crippen LogP contribution in [0.15, 0.2) is 60.7 Å². The molecule has 2 aromatic rings. The molecule has 1 heteroatoms. The van der Waals surface area contributed by atoms with Crippen LogP contribution in [0.1, 0.15) is 90.5 Å². The van der Waals surface area contributed by atoms with Crippen molar-refractivity contribution < 1.29 is 4.74 Å². The Morgan fingerprint density at radius 1 is 0.758 bits per heavy atom. The van der Waals surface area contributed by atoms with Crippen molar-refractivity contribution in [2.75, 3.05) is 6.61 Å². The zero-order valence-corrected chi connectivity index (χ0v) is 21.4. The van der Waals surface area contributed by atoms with Crippen LogP contribution in [0.4, 0.5) is 0 Å². The van der Waals surface area contributed by atoms with Crippen LogP contribution in [-0.2, 0) is 6.42 Å². The van der Waals surface area contributed by atoms with Gasteiger partial charge < -0.3 is 4.74 Å². The fourth-order valence-corrected chi connectivity index (χ4v) is 4.85. The van der Waals surface area contributed by atoms with Gasteiger partial charge in [0.05, 0.1) is 6.61 Å². The highest BCUT2D eigenvalue weighted by Crippen LogP contribution is 2.28. The van der Waals surface area contributed by atoms with Crippen molar-refractivity contribution in [1.82, 2.24) is 0 Å². The first-order valence-corrected chi connectivity index (χ1v) is 13.6. The highest BCUT2D eigenvalue weighted by atomic mass is 16.5. The zero-order chi connectivity index (χ0) is 23.3. The standard InChI is InChI=1S/C32H46O/c1-4-5-6-7-8-11-27-17-19-30(20-18-27)31-21-23-32(24-22-31)33-25-29-15-13-28(14-16-29)12-9-10-26(2)3/h13,15,17-24,26,28-29H,4-12,14,16,25H2,1-3H3. The van der Waals surface area contributed by atoms with E-state index < -0.39 is 0 Å². The van der Waals surface area contributed by atoms with Gasteiger partial charge in [0.2, 0.25) is 0 Å². The lowest BCUT2D eigenvalue weighted by Crippen LogP contribution is -2.15. The first kappa shape index (κ1) is 25.6. The second-order valence-electron chi connectivity index (χ2n) is 10.5. The molecule has 0 fully saturated rings. The van der Waals surface area contributed by atoms with Crippen LogP contribution in [0.2, 0.25) is 0 Å². The summed E-state index contributed by atoms with van der Waals surface area (Å²) < 4.78 is 6.12. The Hall–Kier alpha value is -2.02. The minimum absolute atomic E-state index is 0.556. The Balaban J connectivity index is 1.39. The highest BCUT2D eigenvalue weighted by Gasteiger charge is 2.16. The van der Waals surface area contributed by atoms with Gasteiger partial charge in [-0.3, -0.25) is 0 Å². The lowest BCUT2D eigenvalue weighted by molar-refractivity contribution is 0.253. The van der Waals surface area contributed by atoms with Crippen LogP contribution in [0, 0.1) is 17.8 Å². The first-order chi connectivity index (χ1) is 16.1. The average Bonchev–Trinajstić information content (AvgIpc) is 2.84. The van der Waals surface area contributed by atoms with Crippen molar-refractivity contribution in [3.05, 3.63) is 66.2 Å². The molecule has 1 nitrogen and oxygen atoms in total. The average molecular weight is 447 g/mol. The molecule has 2 atom stereocenters. The molecule has 0 aromatic heterocycles. The van der Waals surface area contributed by atoms with Crippen LogP contribution in [0.5, 0.6) is 5.75 Å². The molecule has 0 aliphatic heterocycles. The maximum Gasteiger partial charge on any atom is 0.119 e. The van der Waals surface area contributed by atoms with E-state index in [-0.39, 0.29) is 0 Å². The van der Waals surface area contributed by atoms with Gasteiger partial charge in [-0.15, -0.1) is 0 Å². The molecule has 180 valence electrons. The molecule has 1 aliphatic carbocycles. The SMILES string of the molecule is CCCCCCCc1ccc(-c2ccc(OCC3C=CC(CCCC(C)C)CC3)cc2)cc1. The van der Waals surface area contributed by atoms with Gasteiger partial charge in [0, 0.05) is 5.92 Å². The van der Waals surface area contributed by atoms with Crippen LogP contribution in [0.25, 0.3) is 11.1 Å². The Kier molecular flexibility index (Phi) is 11.1. The molecular formula is C32H46O. The van der Waals surface area contributed by atoms with Crippen LogP contribution in [-0.4, -0.2) is 6.61 Å². The van der Waals surface area contributed by atoms with Crippen LogP contribution < -0.4 is 4.74 Å². The third-order valence-corrected chi connectivity index (χ3v) is 7.09. The number of rotatable bonds is 14. The number of allylic oxidation sites excluding steroid dienone is 1. The number of hydrogen-bond donors (Lipinski definition) is 0. The van der Waals surface area contributed by atoms with E-state index in [1.54, 1.807) is 0 Å². The fourth-order valence-electron chi connectivity index (χ4n) is 4.85. The van der Waals surface area contributed by atoms with Gasteiger partial charge in [-0.25, -0.2) is 0 Å². The van der Waals surface area contributed by atoms with E-state index in [4.69, 9.17) is 4.74 Å². The molecular weight excluding hydrogens is 400 g/mol. The largest absolute Gasteiger partial charge is 0.493 e. The van der Waals surface area contributed by atoms with Crippen molar-refractivity contribution in [2.24, 2.45) is 17.8 Å². The van der Waals surface area contributed by atoms with E-state index in [2.05, 4.69) is 81.5 Å². The summed E-state index contributed by atoms with van der Waals surface area (Å²) in [7, 11) is 0. The Bertz CT molecular complexity index is 799. The smallest absolute Gasteiger partial charge is 0.119 e. The van der Waals surface area contributed by atoms with Crippen molar-refractivity contribution in [1.29, 1.82) is 0 Å². The van der Waals surface area contributed by atoms with E-state index in [0.29, 0.717) is 5.92 Å². The predicted molar refractivity (Wildman–Crippen MR) is 144 cm³/mol. The molecule has 1 aliphatic rings. The number of benzene rings is 2. The van der Waals surface area contributed by atoms with E-state index >= 15 is 0 Å². The monoisotopic (exact) mass is 446 g/mol. The minimum atomic E-state index is 0.556. The predicted octanol–water partition coefficient (Wildman–Crippen LogP) is 9.65.